The summed E-state index contributed by atoms with van der Waals surface area (Å²) in [7, 11) is 1.79. The molecule has 0 aliphatic carbocycles. The third-order valence-electron chi connectivity index (χ3n) is 3.65. The van der Waals surface area contributed by atoms with E-state index in [1.165, 1.54) is 0 Å². The molecule has 0 aromatic carbocycles. The van der Waals surface area contributed by atoms with Crippen molar-refractivity contribution >= 4 is 11.9 Å². The number of likely N-dealkylation sites (tertiary alicyclic amines) is 1. The van der Waals surface area contributed by atoms with E-state index in [2.05, 4.69) is 5.10 Å². The van der Waals surface area contributed by atoms with Crippen molar-refractivity contribution in [1.82, 2.24) is 14.7 Å². The number of piperidine rings is 1. The van der Waals surface area contributed by atoms with E-state index in [9.17, 15) is 14.7 Å². The molecule has 1 aromatic heterocycles. The maximum atomic E-state index is 12.2. The Hall–Kier alpha value is -1.85. The van der Waals surface area contributed by atoms with Gasteiger partial charge in [-0.25, -0.2) is 0 Å². The molecule has 20 heavy (non-hydrogen) atoms. The number of nitrogens with zero attached hydrogens (tertiary/aromatic N) is 3. The van der Waals surface area contributed by atoms with Crippen LogP contribution in [-0.2, 0) is 16.6 Å². The number of carboxylic acids is 1. The van der Waals surface area contributed by atoms with Gasteiger partial charge in [-0.3, -0.25) is 14.3 Å². The van der Waals surface area contributed by atoms with Gasteiger partial charge >= 0.3 is 5.97 Å². The molecular formula is C14H21N3O3. The summed E-state index contributed by atoms with van der Waals surface area (Å²) in [6.07, 6.45) is 4.15. The van der Waals surface area contributed by atoms with Crippen molar-refractivity contribution in [1.29, 1.82) is 0 Å². The average Bonchev–Trinajstić information content (AvgIpc) is 2.77. The van der Waals surface area contributed by atoms with Crippen molar-refractivity contribution in [2.24, 2.45) is 18.9 Å². The van der Waals surface area contributed by atoms with Crippen LogP contribution in [0.4, 0.5) is 0 Å². The molecule has 6 nitrogen and oxygen atoms in total. The van der Waals surface area contributed by atoms with Crippen LogP contribution in [-0.4, -0.2) is 38.2 Å². The van der Waals surface area contributed by atoms with Gasteiger partial charge in [-0.05, 0) is 12.3 Å². The fraction of sp³-hybridized carbons (Fsp3) is 0.643. The van der Waals surface area contributed by atoms with Gasteiger partial charge in [-0.15, -0.1) is 0 Å². The minimum absolute atomic E-state index is 0.0325. The summed E-state index contributed by atoms with van der Waals surface area (Å²) < 4.78 is 1.64. The van der Waals surface area contributed by atoms with Crippen molar-refractivity contribution < 1.29 is 14.7 Å². The second kappa shape index (κ2) is 5.64. The van der Waals surface area contributed by atoms with Crippen LogP contribution >= 0.6 is 0 Å². The molecule has 2 heterocycles. The number of carbonyl (C=O) groups is 2. The maximum Gasteiger partial charge on any atom is 0.308 e. The van der Waals surface area contributed by atoms with Crippen LogP contribution in [0.15, 0.2) is 12.4 Å². The van der Waals surface area contributed by atoms with Gasteiger partial charge in [0.05, 0.1) is 18.2 Å². The monoisotopic (exact) mass is 279 g/mol. The van der Waals surface area contributed by atoms with Crippen LogP contribution in [0.25, 0.3) is 0 Å². The largest absolute Gasteiger partial charge is 0.481 e. The number of carboxylic acid groups (broad SMARTS) is 1. The topological polar surface area (TPSA) is 75.4 Å². The van der Waals surface area contributed by atoms with Crippen molar-refractivity contribution in [3.8, 4) is 0 Å². The second-order valence-corrected chi connectivity index (χ2v) is 5.82. The molecule has 1 aliphatic heterocycles. The summed E-state index contributed by atoms with van der Waals surface area (Å²) in [6, 6.07) is -0.412. The first-order chi connectivity index (χ1) is 9.40. The van der Waals surface area contributed by atoms with E-state index in [0.717, 1.165) is 5.56 Å². The fourth-order valence-corrected chi connectivity index (χ4v) is 2.83. The molecule has 0 bridgehead atoms. The van der Waals surface area contributed by atoms with Gasteiger partial charge in [-0.2, -0.15) is 5.10 Å². The average molecular weight is 279 g/mol. The van der Waals surface area contributed by atoms with Crippen LogP contribution < -0.4 is 0 Å². The first-order valence-corrected chi connectivity index (χ1v) is 6.91. The smallest absolute Gasteiger partial charge is 0.308 e. The molecule has 0 spiro atoms. The summed E-state index contributed by atoms with van der Waals surface area (Å²) in [5.74, 6) is -1.08. The summed E-state index contributed by atoms with van der Waals surface area (Å²) >= 11 is 0. The lowest BCUT2D eigenvalue weighted by Crippen LogP contribution is -2.46. The summed E-state index contributed by atoms with van der Waals surface area (Å²) in [6.45, 7) is 4.62. The van der Waals surface area contributed by atoms with Gasteiger partial charge in [-0.1, -0.05) is 13.8 Å². The van der Waals surface area contributed by atoms with Crippen LogP contribution in [0.1, 0.15) is 38.3 Å². The first kappa shape index (κ1) is 14.6. The molecule has 0 saturated carbocycles. The molecular weight excluding hydrogens is 258 g/mol. The van der Waals surface area contributed by atoms with Crippen molar-refractivity contribution in [2.45, 2.75) is 32.7 Å². The zero-order chi connectivity index (χ0) is 14.9. The van der Waals surface area contributed by atoms with Gasteiger partial charge in [0, 0.05) is 31.8 Å². The predicted molar refractivity (Wildman–Crippen MR) is 72.9 cm³/mol. The number of rotatable bonds is 4. The SMILES string of the molecule is CC(C)CN1C(=O)CCC(C(=O)O)C1c1cnn(C)c1. The maximum absolute atomic E-state index is 12.2. The highest BCUT2D eigenvalue weighted by Crippen LogP contribution is 2.37. The van der Waals surface area contributed by atoms with Crippen LogP contribution in [0.5, 0.6) is 0 Å². The van der Waals surface area contributed by atoms with Crippen molar-refractivity contribution in [3.63, 3.8) is 0 Å². The second-order valence-electron chi connectivity index (χ2n) is 5.82. The molecule has 2 unspecified atom stereocenters. The number of hydrogen-bond acceptors (Lipinski definition) is 3. The number of aryl methyl sites for hydroxylation is 1. The van der Waals surface area contributed by atoms with Crippen molar-refractivity contribution in [3.05, 3.63) is 18.0 Å². The molecule has 110 valence electrons. The molecule has 2 atom stereocenters. The Kier molecular flexibility index (Phi) is 4.11. The van der Waals surface area contributed by atoms with E-state index in [-0.39, 0.29) is 5.91 Å². The number of carbonyl (C=O) groups excluding carboxylic acids is 1. The predicted octanol–water partition coefficient (Wildman–Crippen LogP) is 1.44. The summed E-state index contributed by atoms with van der Waals surface area (Å²) in [4.78, 5) is 25.4. The zero-order valence-electron chi connectivity index (χ0n) is 12.1. The third-order valence-corrected chi connectivity index (χ3v) is 3.65. The minimum Gasteiger partial charge on any atom is -0.481 e. The highest BCUT2D eigenvalue weighted by molar-refractivity contribution is 5.81. The Morgan fingerprint density at radius 1 is 1.55 bits per heavy atom. The number of amides is 1. The molecule has 1 fully saturated rings. The molecule has 1 saturated heterocycles. The standard InChI is InChI=1S/C14H21N3O3/c1-9(2)7-17-12(18)5-4-11(14(19)20)13(17)10-6-15-16(3)8-10/h6,8-9,11,13H,4-5,7H2,1-3H3,(H,19,20). The molecule has 6 heteroatoms. The lowest BCUT2D eigenvalue weighted by Gasteiger charge is -2.40. The van der Waals surface area contributed by atoms with Gasteiger partial charge < -0.3 is 10.0 Å². The van der Waals surface area contributed by atoms with Crippen LogP contribution in [0.2, 0.25) is 0 Å². The molecule has 1 aromatic rings. The lowest BCUT2D eigenvalue weighted by atomic mass is 9.85. The molecule has 2 rings (SSSR count). The quantitative estimate of drug-likeness (QED) is 0.905. The zero-order valence-corrected chi connectivity index (χ0v) is 12.1. The normalized spacial score (nSPS) is 23.4. The van der Waals surface area contributed by atoms with Gasteiger partial charge in [0.2, 0.25) is 5.91 Å². The Labute approximate surface area is 118 Å². The Balaban J connectivity index is 2.38. The highest BCUT2D eigenvalue weighted by atomic mass is 16.4. The van der Waals surface area contributed by atoms with Gasteiger partial charge in [0.25, 0.3) is 0 Å². The van der Waals surface area contributed by atoms with Crippen LogP contribution in [0.3, 0.4) is 0 Å². The van der Waals surface area contributed by atoms with Gasteiger partial charge in [0.15, 0.2) is 0 Å². The van der Waals surface area contributed by atoms with E-state index in [1.54, 1.807) is 29.0 Å². The Morgan fingerprint density at radius 3 is 2.75 bits per heavy atom. The highest BCUT2D eigenvalue weighted by Gasteiger charge is 2.41. The summed E-state index contributed by atoms with van der Waals surface area (Å²) in [5.41, 5.74) is 0.800. The molecule has 1 N–H and O–H groups in total. The van der Waals surface area contributed by atoms with E-state index < -0.39 is 17.9 Å². The Bertz CT molecular complexity index is 510. The van der Waals surface area contributed by atoms with Gasteiger partial charge in [0.1, 0.15) is 0 Å². The number of aliphatic carboxylic acids is 1. The third kappa shape index (κ3) is 2.84. The van der Waals surface area contributed by atoms with E-state index in [4.69, 9.17) is 0 Å². The molecule has 1 amide bonds. The Morgan fingerprint density at radius 2 is 2.25 bits per heavy atom. The summed E-state index contributed by atoms with van der Waals surface area (Å²) in [5, 5.41) is 13.6. The minimum atomic E-state index is -0.847. The van der Waals surface area contributed by atoms with Crippen LogP contribution in [0, 0.1) is 11.8 Å². The van der Waals surface area contributed by atoms with E-state index >= 15 is 0 Å². The fourth-order valence-electron chi connectivity index (χ4n) is 2.83. The molecule has 0 radical (unpaired) electrons. The first-order valence-electron chi connectivity index (χ1n) is 6.91. The molecule has 1 aliphatic rings. The number of aromatic nitrogens is 2. The number of hydrogen-bond donors (Lipinski definition) is 1. The lowest BCUT2D eigenvalue weighted by molar-refractivity contribution is -0.152. The van der Waals surface area contributed by atoms with E-state index in [0.29, 0.717) is 25.3 Å². The van der Waals surface area contributed by atoms with E-state index in [1.807, 2.05) is 13.8 Å². The van der Waals surface area contributed by atoms with Crippen molar-refractivity contribution in [2.75, 3.05) is 6.54 Å².